The Balaban J connectivity index is 0.861. The molecule has 2 fully saturated rings. The lowest BCUT2D eigenvalue weighted by Gasteiger charge is -2.28. The number of rotatable bonds is 12. The van der Waals surface area contributed by atoms with Crippen LogP contribution in [-0.4, -0.2) is 52.3 Å². The van der Waals surface area contributed by atoms with Crippen LogP contribution in [0.15, 0.2) is 83.1 Å². The molecule has 13 nitrogen and oxygen atoms in total. The molecule has 2 atom stereocenters. The van der Waals surface area contributed by atoms with E-state index in [0.29, 0.717) is 41.4 Å². The molecule has 62 heavy (non-hydrogen) atoms. The first kappa shape index (κ1) is 39.5. The van der Waals surface area contributed by atoms with E-state index in [0.717, 1.165) is 102 Å². The summed E-state index contributed by atoms with van der Waals surface area (Å²) in [7, 11) is 0. The van der Waals surface area contributed by atoms with E-state index in [9.17, 15) is 8.78 Å². The monoisotopic (exact) mass is 852 g/mol. The molecular weight excluding hydrogens is 807 g/mol. The third-order valence-corrected chi connectivity index (χ3v) is 12.9. The van der Waals surface area contributed by atoms with Crippen LogP contribution in [0.2, 0.25) is 0 Å². The number of anilines is 4. The molecule has 316 valence electrons. The minimum Gasteiger partial charge on any atom is -0.444 e. The fourth-order valence-electron chi connectivity index (χ4n) is 9.14. The third-order valence-electron chi connectivity index (χ3n) is 11.9. The number of hydrogen-bond donors (Lipinski definition) is 2. The Morgan fingerprint density at radius 3 is 2.11 bits per heavy atom. The maximum atomic E-state index is 14.9. The Morgan fingerprint density at radius 1 is 0.790 bits per heavy atom. The van der Waals surface area contributed by atoms with Crippen LogP contribution >= 0.6 is 11.3 Å². The average Bonchev–Trinajstić information content (AvgIpc) is 4.13. The maximum Gasteiger partial charge on any atom is 0.233 e. The van der Waals surface area contributed by atoms with Crippen LogP contribution in [-0.2, 0) is 12.8 Å². The van der Waals surface area contributed by atoms with E-state index in [1.54, 1.807) is 33.5 Å². The number of oxazole rings is 1. The molecule has 0 aliphatic carbocycles. The van der Waals surface area contributed by atoms with Gasteiger partial charge in [-0.25, -0.2) is 37.7 Å². The molecule has 6 aromatic heterocycles. The number of nitrogen functional groups attached to an aromatic ring is 2. The van der Waals surface area contributed by atoms with Gasteiger partial charge in [0.05, 0.1) is 23.3 Å². The number of nitrogens with two attached hydrogens (primary N) is 2. The van der Waals surface area contributed by atoms with Crippen LogP contribution in [0.4, 0.5) is 32.1 Å². The first-order chi connectivity index (χ1) is 30.2. The minimum atomic E-state index is -0.283. The summed E-state index contributed by atoms with van der Waals surface area (Å²) in [6, 6.07) is 13.9. The van der Waals surface area contributed by atoms with Crippen molar-refractivity contribution in [1.29, 1.82) is 0 Å². The smallest absolute Gasteiger partial charge is 0.233 e. The zero-order valence-electron chi connectivity index (χ0n) is 34.5. The molecule has 2 aromatic carbocycles. The number of fused-ring (bicyclic) bond motifs is 2. The molecule has 4 N–H and O–H groups in total. The number of thiazole rings is 1. The Morgan fingerprint density at radius 2 is 1.44 bits per heavy atom. The van der Waals surface area contributed by atoms with Crippen molar-refractivity contribution in [3.63, 3.8) is 0 Å². The molecule has 2 aliphatic rings. The second-order valence-corrected chi connectivity index (χ2v) is 16.9. The summed E-state index contributed by atoms with van der Waals surface area (Å²) >= 11 is 1.51. The zero-order valence-corrected chi connectivity index (χ0v) is 35.3. The highest BCUT2D eigenvalue weighted by molar-refractivity contribution is 7.13. The van der Waals surface area contributed by atoms with Gasteiger partial charge in [0.2, 0.25) is 5.89 Å². The molecule has 2 saturated heterocycles. The number of benzene rings is 2. The van der Waals surface area contributed by atoms with Crippen LogP contribution in [0.1, 0.15) is 91.2 Å². The van der Waals surface area contributed by atoms with E-state index in [-0.39, 0.29) is 29.5 Å². The molecule has 16 heteroatoms. The second-order valence-electron chi connectivity index (χ2n) is 16.1. The highest BCUT2D eigenvalue weighted by Crippen LogP contribution is 2.41. The molecule has 0 saturated carbocycles. The van der Waals surface area contributed by atoms with Gasteiger partial charge in [-0.3, -0.25) is 0 Å². The van der Waals surface area contributed by atoms with E-state index >= 15 is 0 Å². The molecule has 2 unspecified atom stereocenters. The van der Waals surface area contributed by atoms with Crippen LogP contribution in [0, 0.1) is 18.6 Å². The van der Waals surface area contributed by atoms with Gasteiger partial charge in [0.15, 0.2) is 22.9 Å². The molecule has 8 aromatic rings. The summed E-state index contributed by atoms with van der Waals surface area (Å²) in [6.07, 6.45) is 16.3. The molecular formula is C46H46F2N12OS. The normalized spacial score (nSPS) is 16.9. The van der Waals surface area contributed by atoms with Crippen molar-refractivity contribution in [2.75, 3.05) is 34.4 Å². The highest BCUT2D eigenvalue weighted by Gasteiger charge is 2.32. The Labute approximate surface area is 360 Å². The second kappa shape index (κ2) is 16.3. The van der Waals surface area contributed by atoms with E-state index < -0.39 is 0 Å². The summed E-state index contributed by atoms with van der Waals surface area (Å²) in [5, 5.41) is 11.8. The summed E-state index contributed by atoms with van der Waals surface area (Å²) in [4.78, 5) is 24.0. The molecule has 0 radical (unpaired) electrons. The minimum absolute atomic E-state index is 0.0123. The lowest BCUT2D eigenvalue weighted by molar-refractivity contribution is 0.573. The van der Waals surface area contributed by atoms with Gasteiger partial charge in [0.1, 0.15) is 40.1 Å². The van der Waals surface area contributed by atoms with Gasteiger partial charge >= 0.3 is 0 Å². The van der Waals surface area contributed by atoms with E-state index in [2.05, 4.69) is 44.1 Å². The Hall–Kier alpha value is -6.68. The summed E-state index contributed by atoms with van der Waals surface area (Å²) in [5.41, 5.74) is 20.9. The van der Waals surface area contributed by atoms with Crippen molar-refractivity contribution in [3.05, 3.63) is 124 Å². The third kappa shape index (κ3) is 7.31. The Bertz CT molecular complexity index is 2970. The molecule has 10 rings (SSSR count). The van der Waals surface area contributed by atoms with Crippen molar-refractivity contribution in [1.82, 2.24) is 39.2 Å². The van der Waals surface area contributed by atoms with Crippen LogP contribution < -0.4 is 21.3 Å². The largest absolute Gasteiger partial charge is 0.444 e. The van der Waals surface area contributed by atoms with Gasteiger partial charge in [0.25, 0.3) is 0 Å². The SMILES string of the molecule is CCCc1ccc(F)cc1C1CCCN1c1ccn2nc(N)c(-c3nc(CC/C=C/c4ccc(F)cc4C4CCCN4c4ccn5nc(N)c(-c6nc(C)cs6)c5n4)co3)c2n1. The summed E-state index contributed by atoms with van der Waals surface area (Å²) in [6.45, 7) is 5.66. The average molecular weight is 853 g/mol. The molecule has 2 aliphatic heterocycles. The van der Waals surface area contributed by atoms with Crippen molar-refractivity contribution in [2.24, 2.45) is 0 Å². The first-order valence-corrected chi connectivity index (χ1v) is 22.0. The number of aromatic nitrogens is 8. The quantitative estimate of drug-likeness (QED) is 0.121. The number of allylic oxidation sites excluding steroid dienone is 1. The summed E-state index contributed by atoms with van der Waals surface area (Å²) in [5.74, 6) is 2.02. The topological polar surface area (TPSA) is 158 Å². The molecule has 0 amide bonds. The van der Waals surface area contributed by atoms with Gasteiger partial charge < -0.3 is 25.7 Å². The van der Waals surface area contributed by atoms with Crippen LogP contribution in [0.5, 0.6) is 0 Å². The Kier molecular flexibility index (Phi) is 10.4. The van der Waals surface area contributed by atoms with Gasteiger partial charge in [-0.05, 0) is 111 Å². The lowest BCUT2D eigenvalue weighted by Crippen LogP contribution is -2.24. The van der Waals surface area contributed by atoms with E-state index in [1.165, 1.54) is 23.0 Å². The lowest BCUT2D eigenvalue weighted by atomic mass is 9.95. The predicted octanol–water partition coefficient (Wildman–Crippen LogP) is 9.58. The van der Waals surface area contributed by atoms with Crippen LogP contribution in [0.25, 0.3) is 39.4 Å². The molecule has 8 heterocycles. The number of hydrogen-bond acceptors (Lipinski definition) is 12. The fraction of sp³-hybridized carbons (Fsp3) is 0.304. The van der Waals surface area contributed by atoms with Crippen molar-refractivity contribution in [2.45, 2.75) is 77.3 Å². The number of halogens is 2. The standard InChI is InChI=1S/C46H46F2N12OS/c1-3-8-28-13-15-30(47)23-33(28)35-11-6-19-57(35)37-17-21-59-43(53-37)39(41(49)55-59)45-52-32(25-61-45)10-5-4-9-29-14-16-31(48)24-34(29)36-12-7-20-58(36)38-18-22-60-44(54-38)40(42(50)56-60)46-51-27(2)26-62-46/h4,9,13-18,21-26,35-36H,3,5-8,10-12,19-20H2,1-2H3,(H2,49,55)(H2,50,56)/b9-4+. The van der Waals surface area contributed by atoms with Crippen molar-refractivity contribution in [3.8, 4) is 22.0 Å². The first-order valence-electron chi connectivity index (χ1n) is 21.2. The van der Waals surface area contributed by atoms with E-state index in [4.69, 9.17) is 30.8 Å². The highest BCUT2D eigenvalue weighted by atomic mass is 32.1. The van der Waals surface area contributed by atoms with Crippen molar-refractivity contribution >= 4 is 52.0 Å². The van der Waals surface area contributed by atoms with Gasteiger partial charge in [-0.15, -0.1) is 21.5 Å². The number of aryl methyl sites for hydroxylation is 3. The fourth-order valence-corrected chi connectivity index (χ4v) is 9.98. The van der Waals surface area contributed by atoms with Gasteiger partial charge in [-0.1, -0.05) is 37.6 Å². The number of nitrogens with zero attached hydrogens (tertiary/aromatic N) is 10. The molecule has 0 bridgehead atoms. The van der Waals surface area contributed by atoms with Gasteiger partial charge in [0, 0.05) is 36.6 Å². The van der Waals surface area contributed by atoms with Crippen molar-refractivity contribution < 1.29 is 13.2 Å². The van der Waals surface area contributed by atoms with Gasteiger partial charge in [-0.2, -0.15) is 0 Å². The molecule has 0 spiro atoms. The van der Waals surface area contributed by atoms with E-state index in [1.807, 2.05) is 49.0 Å². The summed E-state index contributed by atoms with van der Waals surface area (Å²) < 4.78 is 38.8. The maximum absolute atomic E-state index is 14.9. The predicted molar refractivity (Wildman–Crippen MR) is 239 cm³/mol. The zero-order chi connectivity index (χ0) is 42.5. The van der Waals surface area contributed by atoms with Crippen LogP contribution in [0.3, 0.4) is 0 Å².